The van der Waals surface area contributed by atoms with Gasteiger partial charge in [-0.1, -0.05) is 42.2 Å². The first-order chi connectivity index (χ1) is 16.4. The standard InChI is InChI=1S/C25H20N4O4S/c1-16-9-11-19-7-5-13-27-22(19)24(16)29(34(31)32)21-8-4-3-6-18(21)12-10-17-14-20(26)23(28-15-17)25(30)33-2/h3-9,11,13-15H,26H2,1-2H3,(H,31,32). The van der Waals surface area contributed by atoms with Crippen LogP contribution in [0, 0.1) is 18.8 Å². The maximum absolute atomic E-state index is 12.6. The fraction of sp³-hybridized carbons (Fsp3) is 0.0800. The molecule has 0 amide bonds. The van der Waals surface area contributed by atoms with Gasteiger partial charge in [-0.2, -0.15) is 0 Å². The predicted octanol–water partition coefficient (Wildman–Crippen LogP) is 3.98. The average Bonchev–Trinajstić information content (AvgIpc) is 2.84. The average molecular weight is 473 g/mol. The third kappa shape index (κ3) is 4.45. The van der Waals surface area contributed by atoms with Crippen molar-refractivity contribution in [2.45, 2.75) is 6.92 Å². The van der Waals surface area contributed by atoms with Crippen LogP contribution < -0.4 is 10.0 Å². The van der Waals surface area contributed by atoms with Gasteiger partial charge >= 0.3 is 5.97 Å². The zero-order valence-corrected chi connectivity index (χ0v) is 19.2. The number of hydrogen-bond donors (Lipinski definition) is 2. The number of methoxy groups -OCH3 is 1. The molecule has 1 unspecified atom stereocenters. The number of pyridine rings is 2. The number of fused-ring (bicyclic) bond motifs is 1. The molecule has 9 heteroatoms. The van der Waals surface area contributed by atoms with Crippen molar-refractivity contribution in [3.05, 3.63) is 89.4 Å². The largest absolute Gasteiger partial charge is 0.464 e. The number of nitrogens with two attached hydrogens (primary N) is 1. The molecular weight excluding hydrogens is 452 g/mol. The SMILES string of the molecule is COC(=O)c1ncc(C#Cc2ccccc2N(c2c(C)ccc3cccnc23)S(=O)O)cc1N. The zero-order valence-electron chi connectivity index (χ0n) is 18.4. The molecule has 170 valence electrons. The quantitative estimate of drug-likeness (QED) is 0.262. The first-order valence-electron chi connectivity index (χ1n) is 10.1. The molecule has 8 nitrogen and oxygen atoms in total. The molecule has 0 saturated heterocycles. The van der Waals surface area contributed by atoms with E-state index in [1.807, 2.05) is 31.2 Å². The molecule has 4 aromatic rings. The zero-order chi connectivity index (χ0) is 24.2. The summed E-state index contributed by atoms with van der Waals surface area (Å²) in [5.74, 6) is 5.34. The van der Waals surface area contributed by atoms with E-state index in [1.54, 1.807) is 30.5 Å². The van der Waals surface area contributed by atoms with E-state index in [4.69, 9.17) is 5.73 Å². The number of ether oxygens (including phenoxy) is 1. The van der Waals surface area contributed by atoms with Crippen molar-refractivity contribution in [1.29, 1.82) is 0 Å². The number of esters is 1. The summed E-state index contributed by atoms with van der Waals surface area (Å²) in [6.07, 6.45) is 3.06. The molecule has 0 spiro atoms. The number of benzene rings is 2. The second-order valence-electron chi connectivity index (χ2n) is 7.25. The molecular formula is C25H20N4O4S. The van der Waals surface area contributed by atoms with Crippen LogP contribution in [0.3, 0.4) is 0 Å². The van der Waals surface area contributed by atoms with E-state index < -0.39 is 17.2 Å². The molecule has 4 rings (SSSR count). The lowest BCUT2D eigenvalue weighted by Gasteiger charge is -2.24. The predicted molar refractivity (Wildman–Crippen MR) is 132 cm³/mol. The first-order valence-corrected chi connectivity index (χ1v) is 11.2. The summed E-state index contributed by atoms with van der Waals surface area (Å²) < 4.78 is 28.9. The van der Waals surface area contributed by atoms with Crippen LogP contribution in [0.5, 0.6) is 0 Å². The maximum Gasteiger partial charge on any atom is 0.358 e. The van der Waals surface area contributed by atoms with Gasteiger partial charge in [0.2, 0.25) is 0 Å². The fourth-order valence-corrected chi connectivity index (χ4v) is 4.20. The number of hydrogen-bond acceptors (Lipinski definition) is 6. The lowest BCUT2D eigenvalue weighted by molar-refractivity contribution is 0.0595. The molecule has 0 radical (unpaired) electrons. The lowest BCUT2D eigenvalue weighted by Crippen LogP contribution is -2.21. The highest BCUT2D eigenvalue weighted by molar-refractivity contribution is 7.81. The van der Waals surface area contributed by atoms with Gasteiger partial charge in [0.15, 0.2) is 5.69 Å². The van der Waals surface area contributed by atoms with Crippen molar-refractivity contribution >= 4 is 45.2 Å². The van der Waals surface area contributed by atoms with Crippen LogP contribution >= 0.6 is 0 Å². The van der Waals surface area contributed by atoms with Crippen LogP contribution in [0.25, 0.3) is 10.9 Å². The van der Waals surface area contributed by atoms with E-state index in [0.29, 0.717) is 28.0 Å². The molecule has 2 heterocycles. The number of nitrogen functional groups attached to an aromatic ring is 1. The van der Waals surface area contributed by atoms with Gasteiger partial charge in [-0.15, -0.1) is 0 Å². The van der Waals surface area contributed by atoms with Crippen molar-refractivity contribution in [2.75, 3.05) is 17.1 Å². The molecule has 2 aromatic heterocycles. The Kier molecular flexibility index (Phi) is 6.54. The maximum atomic E-state index is 12.6. The Morgan fingerprint density at radius 3 is 2.65 bits per heavy atom. The summed E-state index contributed by atoms with van der Waals surface area (Å²) >= 11 is -2.40. The summed E-state index contributed by atoms with van der Waals surface area (Å²) in [4.78, 5) is 20.2. The van der Waals surface area contributed by atoms with Crippen molar-refractivity contribution in [3.8, 4) is 11.8 Å². The number of para-hydroxylation sites is 1. The van der Waals surface area contributed by atoms with Gasteiger partial charge in [0.25, 0.3) is 11.3 Å². The van der Waals surface area contributed by atoms with Crippen molar-refractivity contribution in [3.63, 3.8) is 0 Å². The van der Waals surface area contributed by atoms with Gasteiger partial charge in [-0.05, 0) is 36.8 Å². The van der Waals surface area contributed by atoms with Crippen LogP contribution in [0.2, 0.25) is 0 Å². The number of carbonyl (C=O) groups is 1. The van der Waals surface area contributed by atoms with Gasteiger partial charge in [0.1, 0.15) is 0 Å². The summed E-state index contributed by atoms with van der Waals surface area (Å²) in [7, 11) is 1.25. The number of nitrogens with zero attached hydrogens (tertiary/aromatic N) is 3. The van der Waals surface area contributed by atoms with E-state index in [-0.39, 0.29) is 11.4 Å². The molecule has 3 N–H and O–H groups in total. The number of anilines is 3. The molecule has 2 aromatic carbocycles. The van der Waals surface area contributed by atoms with Crippen LogP contribution in [-0.4, -0.2) is 31.8 Å². The summed E-state index contributed by atoms with van der Waals surface area (Å²) in [5.41, 5.74) is 9.37. The minimum atomic E-state index is -2.40. The van der Waals surface area contributed by atoms with E-state index in [0.717, 1.165) is 10.9 Å². The normalized spacial score (nSPS) is 11.4. The highest BCUT2D eigenvalue weighted by Crippen LogP contribution is 2.36. The van der Waals surface area contributed by atoms with Crippen LogP contribution in [0.4, 0.5) is 17.1 Å². The lowest BCUT2D eigenvalue weighted by atomic mass is 10.1. The summed E-state index contributed by atoms with van der Waals surface area (Å²) in [6, 6.07) is 16.0. The van der Waals surface area contributed by atoms with Crippen molar-refractivity contribution in [1.82, 2.24) is 9.97 Å². The second-order valence-corrected chi connectivity index (χ2v) is 8.08. The topological polar surface area (TPSA) is 119 Å². The summed E-state index contributed by atoms with van der Waals surface area (Å²) in [6.45, 7) is 1.86. The molecule has 1 atom stereocenters. The molecule has 0 aliphatic rings. The Morgan fingerprint density at radius 1 is 1.12 bits per heavy atom. The Morgan fingerprint density at radius 2 is 1.91 bits per heavy atom. The van der Waals surface area contributed by atoms with Gasteiger partial charge in [0, 0.05) is 28.9 Å². The van der Waals surface area contributed by atoms with Crippen LogP contribution in [0.1, 0.15) is 27.2 Å². The van der Waals surface area contributed by atoms with Gasteiger partial charge in [-0.25, -0.2) is 18.3 Å². The van der Waals surface area contributed by atoms with Crippen molar-refractivity contribution < 1.29 is 18.3 Å². The smallest absolute Gasteiger partial charge is 0.358 e. The Bertz CT molecular complexity index is 1490. The van der Waals surface area contributed by atoms with Crippen molar-refractivity contribution in [2.24, 2.45) is 0 Å². The number of carbonyl (C=O) groups excluding carboxylic acids is 1. The number of rotatable bonds is 4. The first kappa shape index (κ1) is 22.9. The molecule has 0 aliphatic heterocycles. The molecule has 34 heavy (non-hydrogen) atoms. The Labute approximate surface area is 198 Å². The van der Waals surface area contributed by atoms with E-state index in [9.17, 15) is 13.6 Å². The van der Waals surface area contributed by atoms with Crippen LogP contribution in [0.15, 0.2) is 67.0 Å². The highest BCUT2D eigenvalue weighted by Gasteiger charge is 2.22. The monoisotopic (exact) mass is 472 g/mol. The second kappa shape index (κ2) is 9.70. The molecule has 0 fully saturated rings. The van der Waals surface area contributed by atoms with Gasteiger partial charge < -0.3 is 10.5 Å². The van der Waals surface area contributed by atoms with E-state index in [1.165, 1.54) is 23.7 Å². The third-order valence-electron chi connectivity index (χ3n) is 5.07. The minimum Gasteiger partial charge on any atom is -0.464 e. The Hall–Kier alpha value is -4.26. The molecule has 0 bridgehead atoms. The molecule has 0 aliphatic carbocycles. The van der Waals surface area contributed by atoms with Gasteiger partial charge in [-0.3, -0.25) is 9.54 Å². The third-order valence-corrected chi connectivity index (χ3v) is 5.76. The summed E-state index contributed by atoms with van der Waals surface area (Å²) in [5, 5.41) is 0.842. The van der Waals surface area contributed by atoms with Gasteiger partial charge in [0.05, 0.1) is 29.7 Å². The van der Waals surface area contributed by atoms with E-state index >= 15 is 0 Å². The van der Waals surface area contributed by atoms with E-state index in [2.05, 4.69) is 26.5 Å². The number of aryl methyl sites for hydroxylation is 1. The van der Waals surface area contributed by atoms with Crippen LogP contribution in [-0.2, 0) is 16.0 Å². The minimum absolute atomic E-state index is 0.00855. The molecule has 0 saturated carbocycles. The highest BCUT2D eigenvalue weighted by atomic mass is 32.2. The Balaban J connectivity index is 1.82. The fourth-order valence-electron chi connectivity index (χ4n) is 3.48. The number of aromatic nitrogens is 2.